The Hall–Kier alpha value is -8.51. The summed E-state index contributed by atoms with van der Waals surface area (Å²) in [5.41, 5.74) is 11.9. The highest BCUT2D eigenvalue weighted by atomic mass is 32.1. The second-order valence-corrected chi connectivity index (χ2v) is 18.5. The zero-order valence-electron chi connectivity index (χ0n) is 36.1. The summed E-state index contributed by atoms with van der Waals surface area (Å²) in [6.07, 6.45) is 0. The average Bonchev–Trinajstić information content (AvgIpc) is 4.03. The van der Waals surface area contributed by atoms with Gasteiger partial charge in [-0.05, 0) is 136 Å². The topological polar surface area (TPSA) is 13.1 Å². The first kappa shape index (κ1) is 37.8. The summed E-state index contributed by atoms with van der Waals surface area (Å²) in [6, 6.07) is 81.7. The number of fused-ring (bicyclic) bond motifs is 12. The minimum absolute atomic E-state index is 0.268. The molecule has 0 saturated carbocycles. The van der Waals surface area contributed by atoms with Crippen molar-refractivity contribution < 1.29 is 4.39 Å². The van der Waals surface area contributed by atoms with E-state index in [1.54, 1.807) is 0 Å². The van der Waals surface area contributed by atoms with Crippen LogP contribution < -0.4 is 4.90 Å². The first-order valence-electron chi connectivity index (χ1n) is 22.7. The van der Waals surface area contributed by atoms with Crippen LogP contribution in [0.25, 0.3) is 108 Å². The molecule has 0 fully saturated rings. The van der Waals surface area contributed by atoms with Crippen LogP contribution in [0.2, 0.25) is 0 Å². The van der Waals surface area contributed by atoms with Gasteiger partial charge in [-0.2, -0.15) is 0 Å². The molecule has 0 saturated heterocycles. The summed E-state index contributed by atoms with van der Waals surface area (Å²) < 4.78 is 22.0. The number of halogens is 1. The highest BCUT2D eigenvalue weighted by Crippen LogP contribution is 2.44. The lowest BCUT2D eigenvalue weighted by molar-refractivity contribution is 0.628. The molecule has 0 aliphatic carbocycles. The standard InChI is InChI=1S/C62H38FN3S/c63-44-23-27-48(28-24-44)64(49-29-32-51-55-33-40-11-7-8-12-41(40)35-58(55)66(59(51)37-49)46-15-5-2-6-16-46)47-25-19-39(20-26-47)42-21-30-50-56-34-43-22-31-53-52-17-9-10-18-61(52)67-62(53)54(43)38-60(56)65(57(50)36-42)45-13-3-1-4-14-45/h1-38H. The van der Waals surface area contributed by atoms with E-state index in [0.29, 0.717) is 0 Å². The van der Waals surface area contributed by atoms with Gasteiger partial charge in [0.1, 0.15) is 5.82 Å². The van der Waals surface area contributed by atoms with E-state index in [4.69, 9.17) is 0 Å². The second kappa shape index (κ2) is 14.8. The molecule has 0 bridgehead atoms. The molecule has 3 heterocycles. The van der Waals surface area contributed by atoms with Gasteiger partial charge < -0.3 is 14.0 Å². The van der Waals surface area contributed by atoms with E-state index in [1.807, 2.05) is 23.5 Å². The summed E-state index contributed by atoms with van der Waals surface area (Å²) in [7, 11) is 0. The number of aromatic nitrogens is 2. The van der Waals surface area contributed by atoms with Crippen molar-refractivity contribution in [2.45, 2.75) is 0 Å². The fourth-order valence-corrected chi connectivity index (χ4v) is 11.8. The van der Waals surface area contributed by atoms with Gasteiger partial charge in [-0.15, -0.1) is 11.3 Å². The Balaban J connectivity index is 0.919. The predicted molar refractivity (Wildman–Crippen MR) is 283 cm³/mol. The molecule has 0 spiro atoms. The molecule has 3 nitrogen and oxygen atoms in total. The van der Waals surface area contributed by atoms with E-state index < -0.39 is 0 Å². The van der Waals surface area contributed by atoms with Gasteiger partial charge >= 0.3 is 0 Å². The molecule has 0 amide bonds. The average molecular weight is 876 g/mol. The smallest absolute Gasteiger partial charge is 0.123 e. The van der Waals surface area contributed by atoms with Crippen LogP contribution in [0.4, 0.5) is 21.5 Å². The molecule has 5 heteroatoms. The Morgan fingerprint density at radius 3 is 1.57 bits per heavy atom. The van der Waals surface area contributed by atoms with E-state index >= 15 is 0 Å². The van der Waals surface area contributed by atoms with Crippen molar-refractivity contribution in [3.05, 3.63) is 236 Å². The van der Waals surface area contributed by atoms with Crippen molar-refractivity contribution in [1.29, 1.82) is 0 Å². The molecule has 11 aromatic carbocycles. The first-order valence-corrected chi connectivity index (χ1v) is 23.5. The third-order valence-electron chi connectivity index (χ3n) is 13.7. The van der Waals surface area contributed by atoms with E-state index in [1.165, 1.54) is 80.9 Å². The lowest BCUT2D eigenvalue weighted by atomic mass is 10.0. The zero-order chi connectivity index (χ0) is 44.2. The molecular formula is C62H38FN3S. The van der Waals surface area contributed by atoms with Crippen LogP contribution in [0.3, 0.4) is 0 Å². The molecule has 14 aromatic rings. The Kier molecular flexibility index (Phi) is 8.33. The van der Waals surface area contributed by atoms with E-state index in [0.717, 1.165) is 56.1 Å². The van der Waals surface area contributed by atoms with Crippen LogP contribution >= 0.6 is 11.3 Å². The summed E-state index contributed by atoms with van der Waals surface area (Å²) in [4.78, 5) is 2.22. The number of hydrogen-bond acceptors (Lipinski definition) is 2. The highest BCUT2D eigenvalue weighted by molar-refractivity contribution is 7.26. The van der Waals surface area contributed by atoms with Crippen LogP contribution in [-0.2, 0) is 0 Å². The maximum Gasteiger partial charge on any atom is 0.123 e. The van der Waals surface area contributed by atoms with Crippen molar-refractivity contribution in [2.75, 3.05) is 4.90 Å². The molecule has 0 radical (unpaired) electrons. The van der Waals surface area contributed by atoms with Crippen molar-refractivity contribution in [3.63, 3.8) is 0 Å². The highest BCUT2D eigenvalue weighted by Gasteiger charge is 2.20. The lowest BCUT2D eigenvalue weighted by Crippen LogP contribution is -2.10. The fourth-order valence-electron chi connectivity index (χ4n) is 10.6. The van der Waals surface area contributed by atoms with E-state index in [9.17, 15) is 4.39 Å². The fraction of sp³-hybridized carbons (Fsp3) is 0. The number of nitrogens with zero attached hydrogens (tertiary/aromatic N) is 3. The van der Waals surface area contributed by atoms with E-state index in [-0.39, 0.29) is 5.82 Å². The maximum atomic E-state index is 14.5. The number of para-hydroxylation sites is 2. The molecule has 14 rings (SSSR count). The van der Waals surface area contributed by atoms with Crippen molar-refractivity contribution in [3.8, 4) is 22.5 Å². The summed E-state index contributed by atoms with van der Waals surface area (Å²) in [5.74, 6) is -0.268. The van der Waals surface area contributed by atoms with Crippen LogP contribution in [0.1, 0.15) is 0 Å². The maximum absolute atomic E-state index is 14.5. The zero-order valence-corrected chi connectivity index (χ0v) is 36.9. The van der Waals surface area contributed by atoms with Crippen molar-refractivity contribution >= 4 is 114 Å². The van der Waals surface area contributed by atoms with Gasteiger partial charge in [-0.1, -0.05) is 121 Å². The second-order valence-electron chi connectivity index (χ2n) is 17.5. The largest absolute Gasteiger partial charge is 0.310 e. The van der Waals surface area contributed by atoms with E-state index in [2.05, 4.69) is 220 Å². The molecule has 3 aromatic heterocycles. The summed E-state index contributed by atoms with van der Waals surface area (Å²) >= 11 is 1.88. The molecule has 0 N–H and O–H groups in total. The molecule has 0 atom stereocenters. The van der Waals surface area contributed by atoms with Gasteiger partial charge in [0.15, 0.2) is 0 Å². The monoisotopic (exact) mass is 875 g/mol. The minimum Gasteiger partial charge on any atom is -0.310 e. The quantitative estimate of drug-likeness (QED) is 0.162. The van der Waals surface area contributed by atoms with Gasteiger partial charge in [0.05, 0.1) is 22.1 Å². The first-order chi connectivity index (χ1) is 33.1. The molecule has 0 unspecified atom stereocenters. The Bertz CT molecular complexity index is 4260. The van der Waals surface area contributed by atoms with Gasteiger partial charge in [0.25, 0.3) is 0 Å². The van der Waals surface area contributed by atoms with Crippen LogP contribution in [0.5, 0.6) is 0 Å². The third kappa shape index (κ3) is 5.95. The SMILES string of the molecule is Fc1ccc(N(c2ccc(-c3ccc4c5cc6ccc7c8ccccc8sc7c6cc5n(-c5ccccc5)c4c3)cc2)c2ccc3c4cc5ccccc5cc4n(-c4ccccc4)c3c2)cc1. The molecule has 314 valence electrons. The minimum atomic E-state index is -0.268. The van der Waals surface area contributed by atoms with Crippen molar-refractivity contribution in [1.82, 2.24) is 9.13 Å². The predicted octanol–water partition coefficient (Wildman–Crippen LogP) is 17.8. The third-order valence-corrected chi connectivity index (χ3v) is 14.9. The molecule has 0 aliphatic rings. The summed E-state index contributed by atoms with van der Waals surface area (Å²) in [6.45, 7) is 0. The molecule has 0 aliphatic heterocycles. The van der Waals surface area contributed by atoms with Gasteiger partial charge in [0, 0.05) is 75.5 Å². The Morgan fingerprint density at radius 2 is 0.851 bits per heavy atom. The lowest BCUT2D eigenvalue weighted by Gasteiger charge is -2.26. The van der Waals surface area contributed by atoms with Gasteiger partial charge in [0.2, 0.25) is 0 Å². The van der Waals surface area contributed by atoms with Gasteiger partial charge in [-0.3, -0.25) is 0 Å². The number of hydrogen-bond donors (Lipinski definition) is 0. The van der Waals surface area contributed by atoms with Crippen LogP contribution in [0.15, 0.2) is 231 Å². The normalized spacial score (nSPS) is 12.0. The molecule has 67 heavy (non-hydrogen) atoms. The number of benzene rings is 11. The van der Waals surface area contributed by atoms with Gasteiger partial charge in [-0.25, -0.2) is 4.39 Å². The number of thiophene rings is 1. The Labute approximate surface area is 389 Å². The van der Waals surface area contributed by atoms with Crippen LogP contribution in [0, 0.1) is 5.82 Å². The molecular weight excluding hydrogens is 838 g/mol. The Morgan fingerprint density at radius 1 is 0.328 bits per heavy atom. The number of anilines is 3. The summed E-state index contributed by atoms with van der Waals surface area (Å²) in [5, 5.41) is 12.4. The van der Waals surface area contributed by atoms with Crippen LogP contribution in [-0.4, -0.2) is 9.13 Å². The van der Waals surface area contributed by atoms with Crippen molar-refractivity contribution in [2.24, 2.45) is 0 Å². The number of rotatable bonds is 6.